The molecule has 2 N–H and O–H groups in total. The summed E-state index contributed by atoms with van der Waals surface area (Å²) in [6.07, 6.45) is 0. The van der Waals surface area contributed by atoms with E-state index in [1.807, 2.05) is 42.7 Å². The Morgan fingerprint density at radius 1 is 0.943 bits per heavy atom. The third kappa shape index (κ3) is 5.17. The molecule has 3 aromatic carbocycles. The molecule has 0 amide bonds. The topological polar surface area (TPSA) is 115 Å². The second-order valence-corrected chi connectivity index (χ2v) is 9.65. The molecular weight excluding hydrogens is 462 g/mol. The number of aryl methyl sites for hydroxylation is 1. The van der Waals surface area contributed by atoms with Gasteiger partial charge in [0.25, 0.3) is 0 Å². The van der Waals surface area contributed by atoms with E-state index in [0.29, 0.717) is 16.9 Å². The largest absolute Gasteiger partial charge is 0.485 e. The lowest BCUT2D eigenvalue weighted by Gasteiger charge is -2.11. The zero-order valence-corrected chi connectivity index (χ0v) is 20.0. The van der Waals surface area contributed by atoms with E-state index in [1.165, 1.54) is 12.1 Å². The van der Waals surface area contributed by atoms with Crippen LogP contribution in [0.4, 0.5) is 0 Å². The van der Waals surface area contributed by atoms with Gasteiger partial charge in [-0.15, -0.1) is 0 Å². The van der Waals surface area contributed by atoms with Crippen LogP contribution in [0.3, 0.4) is 0 Å². The predicted molar refractivity (Wildman–Crippen MR) is 133 cm³/mol. The highest BCUT2D eigenvalue weighted by molar-refractivity contribution is 7.89. The highest BCUT2D eigenvalue weighted by Gasteiger charge is 2.18. The Balaban J connectivity index is 1.46. The van der Waals surface area contributed by atoms with Gasteiger partial charge >= 0.3 is 0 Å². The van der Waals surface area contributed by atoms with Crippen LogP contribution in [-0.2, 0) is 10.0 Å². The van der Waals surface area contributed by atoms with Crippen molar-refractivity contribution in [1.29, 1.82) is 5.26 Å². The highest BCUT2D eigenvalue weighted by atomic mass is 32.2. The van der Waals surface area contributed by atoms with Crippen molar-refractivity contribution < 1.29 is 17.9 Å². The molecule has 1 aromatic heterocycles. The third-order valence-corrected chi connectivity index (χ3v) is 6.66. The van der Waals surface area contributed by atoms with Gasteiger partial charge in [-0.25, -0.2) is 13.6 Å². The number of ketones is 1. The molecule has 0 radical (unpaired) electrons. The van der Waals surface area contributed by atoms with Crippen molar-refractivity contribution >= 4 is 15.8 Å². The average molecular weight is 486 g/mol. The number of benzene rings is 3. The number of hydrogen-bond acceptors (Lipinski definition) is 5. The summed E-state index contributed by atoms with van der Waals surface area (Å²) in [4.78, 5) is 12.9. The van der Waals surface area contributed by atoms with Gasteiger partial charge in [0, 0.05) is 22.6 Å². The van der Waals surface area contributed by atoms with E-state index in [1.54, 1.807) is 42.5 Å². The molecule has 8 heteroatoms. The monoisotopic (exact) mass is 485 g/mol. The van der Waals surface area contributed by atoms with Gasteiger partial charge in [-0.05, 0) is 79.6 Å². The zero-order valence-electron chi connectivity index (χ0n) is 19.2. The Kier molecular flexibility index (Phi) is 6.56. The number of nitrogens with zero attached hydrogens (tertiary/aromatic N) is 2. The molecule has 4 aromatic rings. The number of carbonyl (C=O) groups is 1. The van der Waals surface area contributed by atoms with E-state index in [2.05, 4.69) is 6.07 Å². The van der Waals surface area contributed by atoms with Crippen molar-refractivity contribution in [1.82, 2.24) is 4.57 Å². The predicted octanol–water partition coefficient (Wildman–Crippen LogP) is 4.54. The Labute approximate surface area is 204 Å². The van der Waals surface area contributed by atoms with Crippen molar-refractivity contribution in [2.24, 2.45) is 5.14 Å². The molecule has 0 atom stereocenters. The first kappa shape index (κ1) is 24.0. The number of hydrogen-bond donors (Lipinski definition) is 1. The van der Waals surface area contributed by atoms with Gasteiger partial charge in [0.1, 0.15) is 5.75 Å². The number of sulfonamides is 1. The fourth-order valence-corrected chi connectivity index (χ4v) is 4.45. The lowest BCUT2D eigenvalue weighted by molar-refractivity contribution is 0.0921. The molecule has 1 heterocycles. The van der Waals surface area contributed by atoms with E-state index in [0.717, 1.165) is 28.2 Å². The Bertz CT molecular complexity index is 1530. The standard InChI is InChI=1S/C27H23N3O4S/c1-18-15-26(19(2)30(18)23-9-13-25(14-10-23)35(29,32)33)27(31)17-34-24-11-7-22(8-12-24)21-5-3-20(16-28)4-6-21/h3-15H,17H2,1-2H3,(H2,29,32,33). The summed E-state index contributed by atoms with van der Waals surface area (Å²) >= 11 is 0. The second-order valence-electron chi connectivity index (χ2n) is 8.08. The zero-order chi connectivity index (χ0) is 25.2. The van der Waals surface area contributed by atoms with Crippen LogP contribution in [0.1, 0.15) is 27.3 Å². The first-order valence-corrected chi connectivity index (χ1v) is 12.3. The summed E-state index contributed by atoms with van der Waals surface area (Å²) in [6.45, 7) is 3.59. The maximum absolute atomic E-state index is 12.9. The summed E-state index contributed by atoms with van der Waals surface area (Å²) in [7, 11) is -3.78. The molecule has 0 spiro atoms. The van der Waals surface area contributed by atoms with Crippen molar-refractivity contribution in [3.63, 3.8) is 0 Å². The Morgan fingerprint density at radius 2 is 1.51 bits per heavy atom. The van der Waals surface area contributed by atoms with Gasteiger partial charge in [-0.1, -0.05) is 24.3 Å². The van der Waals surface area contributed by atoms with Crippen LogP contribution in [0.2, 0.25) is 0 Å². The summed E-state index contributed by atoms with van der Waals surface area (Å²) in [6, 6.07) is 24.8. The summed E-state index contributed by atoms with van der Waals surface area (Å²) < 4.78 is 30.6. The van der Waals surface area contributed by atoms with Gasteiger partial charge in [0.15, 0.2) is 6.61 Å². The van der Waals surface area contributed by atoms with Crippen molar-refractivity contribution in [2.75, 3.05) is 6.61 Å². The van der Waals surface area contributed by atoms with Crippen LogP contribution in [-0.4, -0.2) is 25.4 Å². The summed E-state index contributed by atoms with van der Waals surface area (Å²) in [5, 5.41) is 14.1. The van der Waals surface area contributed by atoms with E-state index >= 15 is 0 Å². The number of carbonyl (C=O) groups excluding carboxylic acids is 1. The van der Waals surface area contributed by atoms with Crippen molar-refractivity contribution in [3.05, 3.63) is 101 Å². The highest BCUT2D eigenvalue weighted by Crippen LogP contribution is 2.25. The number of nitrogens with two attached hydrogens (primary N) is 1. The molecule has 176 valence electrons. The number of aromatic nitrogens is 1. The van der Waals surface area contributed by atoms with Gasteiger partial charge in [0.2, 0.25) is 15.8 Å². The van der Waals surface area contributed by atoms with Crippen LogP contribution >= 0.6 is 0 Å². The van der Waals surface area contributed by atoms with Crippen LogP contribution in [0, 0.1) is 25.2 Å². The SMILES string of the molecule is Cc1cc(C(=O)COc2ccc(-c3ccc(C#N)cc3)cc2)c(C)n1-c1ccc(S(N)(=O)=O)cc1. The maximum atomic E-state index is 12.9. The lowest BCUT2D eigenvalue weighted by Crippen LogP contribution is -2.13. The molecule has 0 aliphatic carbocycles. The number of Topliss-reactive ketones (excluding diaryl/α,β-unsaturated/α-hetero) is 1. The van der Waals surface area contributed by atoms with Crippen molar-refractivity contribution in [2.45, 2.75) is 18.7 Å². The minimum absolute atomic E-state index is 0.0265. The molecule has 4 rings (SSSR count). The maximum Gasteiger partial charge on any atom is 0.238 e. The first-order valence-electron chi connectivity index (χ1n) is 10.8. The lowest BCUT2D eigenvalue weighted by atomic mass is 10.0. The van der Waals surface area contributed by atoms with E-state index in [4.69, 9.17) is 15.1 Å². The molecule has 0 fully saturated rings. The first-order chi connectivity index (χ1) is 16.7. The molecule has 7 nitrogen and oxygen atoms in total. The molecule has 0 aliphatic heterocycles. The minimum atomic E-state index is -3.78. The Morgan fingerprint density at radius 3 is 2.06 bits per heavy atom. The quantitative estimate of drug-likeness (QED) is 0.386. The van der Waals surface area contributed by atoms with E-state index in [9.17, 15) is 13.2 Å². The normalized spacial score (nSPS) is 11.1. The smallest absolute Gasteiger partial charge is 0.238 e. The average Bonchev–Trinajstić information content (AvgIpc) is 3.16. The van der Waals surface area contributed by atoms with Crippen LogP contribution in [0.15, 0.2) is 83.8 Å². The molecule has 35 heavy (non-hydrogen) atoms. The third-order valence-electron chi connectivity index (χ3n) is 5.73. The number of nitriles is 1. The molecule has 0 aliphatic rings. The van der Waals surface area contributed by atoms with Gasteiger partial charge in [-0.2, -0.15) is 5.26 Å². The van der Waals surface area contributed by atoms with Gasteiger partial charge < -0.3 is 9.30 Å². The molecular formula is C27H23N3O4S. The van der Waals surface area contributed by atoms with E-state index < -0.39 is 10.0 Å². The summed E-state index contributed by atoms with van der Waals surface area (Å²) in [5.41, 5.74) is 5.39. The van der Waals surface area contributed by atoms with Crippen LogP contribution in [0.25, 0.3) is 16.8 Å². The van der Waals surface area contributed by atoms with Crippen molar-refractivity contribution in [3.8, 4) is 28.6 Å². The molecule has 0 saturated carbocycles. The Hall–Kier alpha value is -4.19. The summed E-state index contributed by atoms with van der Waals surface area (Å²) in [5.74, 6) is 0.407. The fourth-order valence-electron chi connectivity index (χ4n) is 3.93. The fraction of sp³-hybridized carbons (Fsp3) is 0.111. The molecule has 0 saturated heterocycles. The second kappa shape index (κ2) is 9.58. The number of primary sulfonamides is 1. The number of ether oxygens (including phenoxy) is 1. The van der Waals surface area contributed by atoms with Gasteiger partial charge in [-0.3, -0.25) is 4.79 Å². The van der Waals surface area contributed by atoms with Crippen LogP contribution < -0.4 is 9.88 Å². The number of rotatable bonds is 7. The molecule has 0 unspecified atom stereocenters. The molecule has 0 bridgehead atoms. The van der Waals surface area contributed by atoms with E-state index in [-0.39, 0.29) is 17.3 Å². The van der Waals surface area contributed by atoms with Crippen LogP contribution in [0.5, 0.6) is 5.75 Å². The van der Waals surface area contributed by atoms with Gasteiger partial charge in [0.05, 0.1) is 16.5 Å². The minimum Gasteiger partial charge on any atom is -0.485 e.